The summed E-state index contributed by atoms with van der Waals surface area (Å²) < 4.78 is 0. The van der Waals surface area contributed by atoms with Crippen molar-refractivity contribution in [2.45, 2.75) is 38.0 Å². The van der Waals surface area contributed by atoms with Gasteiger partial charge in [0.1, 0.15) is 0 Å². The number of carbonyl (C=O) groups excluding carboxylic acids is 1. The van der Waals surface area contributed by atoms with Crippen LogP contribution in [0.2, 0.25) is 0 Å². The largest absolute Gasteiger partial charge is 0.368 e. The number of nitrogens with zero attached hydrogens (tertiary/aromatic N) is 4. The highest BCUT2D eigenvalue weighted by molar-refractivity contribution is 5.87. The number of para-hydroxylation sites is 1. The Morgan fingerprint density at radius 2 is 1.96 bits per heavy atom. The first kappa shape index (κ1) is 16.8. The third-order valence-corrected chi connectivity index (χ3v) is 4.37. The normalized spacial score (nSPS) is 15.5. The molecule has 3 rings (SSSR count). The number of ketones is 1. The number of anilines is 3. The van der Waals surface area contributed by atoms with Crippen LogP contribution in [0.1, 0.15) is 43.8 Å². The van der Waals surface area contributed by atoms with Gasteiger partial charge >= 0.3 is 0 Å². The second kappa shape index (κ2) is 7.71. The van der Waals surface area contributed by atoms with Crippen LogP contribution < -0.4 is 11.1 Å². The van der Waals surface area contributed by atoms with Gasteiger partial charge in [-0.3, -0.25) is 4.79 Å². The van der Waals surface area contributed by atoms with Gasteiger partial charge < -0.3 is 11.1 Å². The maximum atomic E-state index is 12.5. The van der Waals surface area contributed by atoms with Crippen molar-refractivity contribution in [3.05, 3.63) is 36.2 Å². The first-order valence-corrected chi connectivity index (χ1v) is 8.41. The van der Waals surface area contributed by atoms with Crippen LogP contribution in [-0.2, 0) is 4.79 Å². The van der Waals surface area contributed by atoms with E-state index in [1.165, 1.54) is 0 Å². The molecule has 0 radical (unpaired) electrons. The van der Waals surface area contributed by atoms with Gasteiger partial charge in [0.15, 0.2) is 17.5 Å². The van der Waals surface area contributed by atoms with E-state index < -0.39 is 5.92 Å². The molecule has 7 heteroatoms. The standard InChI is InChI=1S/C18H20N6O/c19-11-14(15(25)10-12-6-4-5-7-12)16-22-17(20)24-18(23-16)21-13-8-2-1-3-9-13/h1-3,8-9,12,14H,4-7,10H2,(H3,20,21,22,23,24). The molecule has 1 aromatic heterocycles. The van der Waals surface area contributed by atoms with E-state index in [0.717, 1.165) is 31.4 Å². The summed E-state index contributed by atoms with van der Waals surface area (Å²) in [4.78, 5) is 24.8. The average molecular weight is 336 g/mol. The molecule has 0 spiro atoms. The molecule has 1 unspecified atom stereocenters. The molecule has 1 aliphatic carbocycles. The number of nitrogens with one attached hydrogen (secondary N) is 1. The van der Waals surface area contributed by atoms with Gasteiger partial charge in [0, 0.05) is 12.1 Å². The molecule has 0 saturated heterocycles. The number of nitrogens with two attached hydrogens (primary N) is 1. The van der Waals surface area contributed by atoms with Crippen LogP contribution >= 0.6 is 0 Å². The van der Waals surface area contributed by atoms with Gasteiger partial charge in [-0.1, -0.05) is 43.9 Å². The maximum Gasteiger partial charge on any atom is 0.232 e. The molecule has 3 N–H and O–H groups in total. The lowest BCUT2D eigenvalue weighted by atomic mass is 9.93. The molecule has 0 bridgehead atoms. The van der Waals surface area contributed by atoms with Crippen LogP contribution in [0.5, 0.6) is 0 Å². The van der Waals surface area contributed by atoms with E-state index in [9.17, 15) is 10.1 Å². The lowest BCUT2D eigenvalue weighted by Gasteiger charge is -2.12. The monoisotopic (exact) mass is 336 g/mol. The summed E-state index contributed by atoms with van der Waals surface area (Å²) in [6.45, 7) is 0. The van der Waals surface area contributed by atoms with Gasteiger partial charge in [-0.25, -0.2) is 0 Å². The Morgan fingerprint density at radius 3 is 2.64 bits per heavy atom. The Bertz CT molecular complexity index is 780. The Kier molecular flexibility index (Phi) is 5.19. The van der Waals surface area contributed by atoms with E-state index in [-0.39, 0.29) is 23.5 Å². The minimum atomic E-state index is -1.01. The molecule has 7 nitrogen and oxygen atoms in total. The lowest BCUT2D eigenvalue weighted by molar-refractivity contribution is -0.120. The maximum absolute atomic E-state index is 12.5. The highest BCUT2D eigenvalue weighted by atomic mass is 16.1. The van der Waals surface area contributed by atoms with Crippen molar-refractivity contribution in [3.63, 3.8) is 0 Å². The SMILES string of the molecule is N#CC(C(=O)CC1CCCC1)c1nc(N)nc(Nc2ccccc2)n1. The Morgan fingerprint density at radius 1 is 1.24 bits per heavy atom. The van der Waals surface area contributed by atoms with E-state index >= 15 is 0 Å². The molecular formula is C18H20N6O. The minimum Gasteiger partial charge on any atom is -0.368 e. The summed E-state index contributed by atoms with van der Waals surface area (Å²) in [5.41, 5.74) is 6.53. The van der Waals surface area contributed by atoms with Gasteiger partial charge in [-0.05, 0) is 18.1 Å². The molecule has 2 aromatic rings. The Balaban J connectivity index is 1.79. The van der Waals surface area contributed by atoms with Crippen molar-refractivity contribution in [2.24, 2.45) is 5.92 Å². The van der Waals surface area contributed by atoms with Crippen LogP contribution in [0.3, 0.4) is 0 Å². The highest BCUT2D eigenvalue weighted by Gasteiger charge is 2.28. The molecular weight excluding hydrogens is 316 g/mol. The quantitative estimate of drug-likeness (QED) is 0.832. The Hall–Kier alpha value is -3.01. The topological polar surface area (TPSA) is 118 Å². The van der Waals surface area contributed by atoms with E-state index in [1.54, 1.807) is 0 Å². The predicted octanol–water partition coefficient (Wildman–Crippen LogP) is 2.95. The average Bonchev–Trinajstić information content (AvgIpc) is 3.09. The van der Waals surface area contributed by atoms with Crippen molar-refractivity contribution in [2.75, 3.05) is 11.1 Å². The number of carbonyl (C=O) groups is 1. The summed E-state index contributed by atoms with van der Waals surface area (Å²) in [5.74, 6) is -0.478. The van der Waals surface area contributed by atoms with E-state index in [0.29, 0.717) is 12.3 Å². The van der Waals surface area contributed by atoms with Gasteiger partial charge in [0.25, 0.3) is 0 Å². The first-order chi connectivity index (χ1) is 12.2. The van der Waals surface area contributed by atoms with Crippen molar-refractivity contribution in [1.82, 2.24) is 15.0 Å². The van der Waals surface area contributed by atoms with Gasteiger partial charge in [0.2, 0.25) is 11.9 Å². The molecule has 128 valence electrons. The molecule has 25 heavy (non-hydrogen) atoms. The summed E-state index contributed by atoms with van der Waals surface area (Å²) in [5, 5.41) is 12.5. The van der Waals surface area contributed by atoms with Crippen LogP contribution in [0.15, 0.2) is 30.3 Å². The zero-order chi connectivity index (χ0) is 17.6. The number of nitriles is 1. The third-order valence-electron chi connectivity index (χ3n) is 4.37. The van der Waals surface area contributed by atoms with E-state index in [2.05, 4.69) is 20.3 Å². The fourth-order valence-corrected chi connectivity index (χ4v) is 3.14. The number of hydrogen-bond donors (Lipinski definition) is 2. The predicted molar refractivity (Wildman–Crippen MR) is 93.9 cm³/mol. The van der Waals surface area contributed by atoms with Crippen molar-refractivity contribution in [1.29, 1.82) is 5.26 Å². The minimum absolute atomic E-state index is 0.0163. The van der Waals surface area contributed by atoms with Crippen molar-refractivity contribution in [3.8, 4) is 6.07 Å². The van der Waals surface area contributed by atoms with Crippen molar-refractivity contribution >= 4 is 23.4 Å². The lowest BCUT2D eigenvalue weighted by Crippen LogP contribution is -2.18. The van der Waals surface area contributed by atoms with Crippen LogP contribution in [0.4, 0.5) is 17.6 Å². The number of Topliss-reactive ketones (excluding diaryl/α,β-unsaturated/α-hetero) is 1. The molecule has 1 atom stereocenters. The first-order valence-electron chi connectivity index (χ1n) is 8.41. The summed E-state index contributed by atoms with van der Waals surface area (Å²) >= 11 is 0. The summed E-state index contributed by atoms with van der Waals surface area (Å²) in [7, 11) is 0. The molecule has 1 fully saturated rings. The molecule has 1 heterocycles. The zero-order valence-electron chi connectivity index (χ0n) is 13.9. The number of hydrogen-bond acceptors (Lipinski definition) is 7. The fourth-order valence-electron chi connectivity index (χ4n) is 3.14. The molecule has 1 aliphatic rings. The number of benzene rings is 1. The zero-order valence-corrected chi connectivity index (χ0v) is 13.9. The third kappa shape index (κ3) is 4.29. The summed E-state index contributed by atoms with van der Waals surface area (Å²) in [6, 6.07) is 11.4. The summed E-state index contributed by atoms with van der Waals surface area (Å²) in [6.07, 6.45) is 4.79. The second-order valence-electron chi connectivity index (χ2n) is 6.25. The van der Waals surface area contributed by atoms with Gasteiger partial charge in [-0.2, -0.15) is 20.2 Å². The molecule has 1 aromatic carbocycles. The van der Waals surface area contributed by atoms with E-state index in [4.69, 9.17) is 5.73 Å². The number of aromatic nitrogens is 3. The van der Waals surface area contributed by atoms with Crippen molar-refractivity contribution < 1.29 is 4.79 Å². The highest BCUT2D eigenvalue weighted by Crippen LogP contribution is 2.30. The van der Waals surface area contributed by atoms with Crippen LogP contribution in [0.25, 0.3) is 0 Å². The molecule has 1 saturated carbocycles. The van der Waals surface area contributed by atoms with Crippen LogP contribution in [-0.4, -0.2) is 20.7 Å². The van der Waals surface area contributed by atoms with Gasteiger partial charge in [0.05, 0.1) is 6.07 Å². The fraction of sp³-hybridized carbons (Fsp3) is 0.389. The van der Waals surface area contributed by atoms with Crippen LogP contribution in [0, 0.1) is 17.2 Å². The smallest absolute Gasteiger partial charge is 0.232 e. The second-order valence-corrected chi connectivity index (χ2v) is 6.25. The molecule has 0 amide bonds. The Labute approximate surface area is 146 Å². The number of nitrogen functional groups attached to an aromatic ring is 1. The number of rotatable bonds is 6. The molecule has 0 aliphatic heterocycles. The van der Waals surface area contributed by atoms with E-state index in [1.807, 2.05) is 36.4 Å². The van der Waals surface area contributed by atoms with Gasteiger partial charge in [-0.15, -0.1) is 0 Å².